The van der Waals surface area contributed by atoms with Crippen molar-refractivity contribution >= 4 is 17.8 Å². The van der Waals surface area contributed by atoms with Crippen molar-refractivity contribution in [1.29, 1.82) is 0 Å². The zero-order valence-corrected chi connectivity index (χ0v) is 15.8. The van der Waals surface area contributed by atoms with E-state index < -0.39 is 5.97 Å². The van der Waals surface area contributed by atoms with Crippen molar-refractivity contribution in [3.05, 3.63) is 59.9 Å². The van der Waals surface area contributed by atoms with Gasteiger partial charge in [-0.1, -0.05) is 6.07 Å². The first kappa shape index (κ1) is 19.5. The summed E-state index contributed by atoms with van der Waals surface area (Å²) in [5, 5.41) is 2.95. The van der Waals surface area contributed by atoms with Gasteiger partial charge in [0.25, 0.3) is 11.8 Å². The first-order valence-corrected chi connectivity index (χ1v) is 9.29. The van der Waals surface area contributed by atoms with Crippen LogP contribution in [0.2, 0.25) is 0 Å². The Hall–Kier alpha value is -3.22. The molecule has 2 amide bonds. The van der Waals surface area contributed by atoms with E-state index >= 15 is 0 Å². The summed E-state index contributed by atoms with van der Waals surface area (Å²) in [5.74, 6) is 0.102. The Kier molecular flexibility index (Phi) is 6.37. The van der Waals surface area contributed by atoms with Gasteiger partial charge in [-0.25, -0.2) is 0 Å². The number of carbonyl (C=O) groups excluding carboxylic acids is 3. The van der Waals surface area contributed by atoms with Crippen molar-refractivity contribution in [2.45, 2.75) is 19.8 Å². The van der Waals surface area contributed by atoms with Crippen LogP contribution in [0.15, 0.2) is 48.8 Å². The van der Waals surface area contributed by atoms with Crippen molar-refractivity contribution in [2.75, 3.05) is 19.6 Å². The number of benzene rings is 1. The lowest BCUT2D eigenvalue weighted by molar-refractivity contribution is -0.131. The van der Waals surface area contributed by atoms with Gasteiger partial charge in [-0.3, -0.25) is 19.4 Å². The summed E-state index contributed by atoms with van der Waals surface area (Å²) in [7, 11) is 0. The lowest BCUT2D eigenvalue weighted by atomic mass is 9.96. The number of hydrogen-bond acceptors (Lipinski definition) is 5. The molecule has 3 rings (SSSR count). The Balaban J connectivity index is 1.49. The van der Waals surface area contributed by atoms with Crippen LogP contribution in [0.5, 0.6) is 5.75 Å². The molecule has 2 aromatic rings. The lowest BCUT2D eigenvalue weighted by Gasteiger charge is -2.32. The first-order valence-electron chi connectivity index (χ1n) is 9.29. The average molecular weight is 381 g/mol. The van der Waals surface area contributed by atoms with Crippen molar-refractivity contribution in [3.63, 3.8) is 0 Å². The third kappa shape index (κ3) is 5.16. The number of hydrogen-bond donors (Lipinski definition) is 1. The van der Waals surface area contributed by atoms with E-state index in [9.17, 15) is 14.4 Å². The van der Waals surface area contributed by atoms with Crippen LogP contribution < -0.4 is 10.1 Å². The smallest absolute Gasteiger partial charge is 0.308 e. The van der Waals surface area contributed by atoms with E-state index in [1.165, 1.54) is 6.92 Å². The molecule has 1 N–H and O–H groups in total. The summed E-state index contributed by atoms with van der Waals surface area (Å²) < 4.78 is 5.05. The molecule has 146 valence electrons. The number of ether oxygens (including phenoxy) is 1. The number of pyridine rings is 1. The van der Waals surface area contributed by atoms with Gasteiger partial charge in [-0.15, -0.1) is 0 Å². The number of aromatic nitrogens is 1. The second kappa shape index (κ2) is 9.12. The maximum atomic E-state index is 12.7. The number of nitrogens with one attached hydrogen (secondary N) is 1. The second-order valence-electron chi connectivity index (χ2n) is 6.80. The van der Waals surface area contributed by atoms with E-state index in [1.807, 2.05) is 0 Å². The third-order valence-electron chi connectivity index (χ3n) is 4.74. The number of carbonyl (C=O) groups is 3. The minimum absolute atomic E-state index is 0.0757. The van der Waals surface area contributed by atoms with E-state index in [1.54, 1.807) is 53.7 Å². The molecule has 0 atom stereocenters. The van der Waals surface area contributed by atoms with Crippen molar-refractivity contribution in [2.24, 2.45) is 5.92 Å². The molecule has 1 aromatic heterocycles. The van der Waals surface area contributed by atoms with Crippen molar-refractivity contribution < 1.29 is 19.1 Å². The lowest BCUT2D eigenvalue weighted by Crippen LogP contribution is -2.41. The molecule has 7 nitrogen and oxygen atoms in total. The molecular weight excluding hydrogens is 358 g/mol. The van der Waals surface area contributed by atoms with Gasteiger partial charge in [0.2, 0.25) is 0 Å². The van der Waals surface area contributed by atoms with Crippen LogP contribution >= 0.6 is 0 Å². The van der Waals surface area contributed by atoms with Crippen LogP contribution in [0.4, 0.5) is 0 Å². The fraction of sp³-hybridized carbons (Fsp3) is 0.333. The Morgan fingerprint density at radius 2 is 1.82 bits per heavy atom. The zero-order chi connectivity index (χ0) is 19.9. The van der Waals surface area contributed by atoms with Crippen molar-refractivity contribution in [3.8, 4) is 5.75 Å². The first-order chi connectivity index (χ1) is 13.5. The maximum Gasteiger partial charge on any atom is 0.308 e. The molecule has 1 saturated heterocycles. The molecule has 0 saturated carbocycles. The van der Waals surface area contributed by atoms with Crippen LogP contribution in [0.25, 0.3) is 0 Å². The van der Waals surface area contributed by atoms with Gasteiger partial charge in [-0.05, 0) is 49.1 Å². The highest BCUT2D eigenvalue weighted by molar-refractivity contribution is 5.95. The Morgan fingerprint density at radius 1 is 1.11 bits per heavy atom. The molecule has 0 unspecified atom stereocenters. The quantitative estimate of drug-likeness (QED) is 0.634. The molecule has 28 heavy (non-hydrogen) atoms. The summed E-state index contributed by atoms with van der Waals surface area (Å²) in [6.45, 7) is 3.18. The fourth-order valence-corrected chi connectivity index (χ4v) is 3.22. The summed E-state index contributed by atoms with van der Waals surface area (Å²) >= 11 is 0. The van der Waals surface area contributed by atoms with E-state index in [2.05, 4.69) is 10.3 Å². The van der Waals surface area contributed by atoms with Gasteiger partial charge in [0.15, 0.2) is 0 Å². The molecule has 1 fully saturated rings. The minimum Gasteiger partial charge on any atom is -0.427 e. The number of piperidine rings is 1. The predicted molar refractivity (Wildman–Crippen MR) is 103 cm³/mol. The van der Waals surface area contributed by atoms with Crippen molar-refractivity contribution in [1.82, 2.24) is 15.2 Å². The van der Waals surface area contributed by atoms with Gasteiger partial charge in [0.05, 0.1) is 0 Å². The number of nitrogens with zero attached hydrogens (tertiary/aromatic N) is 2. The number of rotatable bonds is 5. The standard InChI is InChI=1S/C21H23N3O4/c1-15(25)28-19-4-2-3-18(13-19)21(27)24-11-7-16(8-12-24)14-23-20(26)17-5-9-22-10-6-17/h2-6,9-10,13,16H,7-8,11-12,14H2,1H3,(H,23,26). The summed E-state index contributed by atoms with van der Waals surface area (Å²) in [4.78, 5) is 41.6. The normalized spacial score (nSPS) is 14.4. The summed E-state index contributed by atoms with van der Waals surface area (Å²) in [5.41, 5.74) is 1.10. The molecule has 1 aliphatic rings. The molecule has 7 heteroatoms. The fourth-order valence-electron chi connectivity index (χ4n) is 3.22. The highest BCUT2D eigenvalue weighted by Crippen LogP contribution is 2.21. The van der Waals surface area contributed by atoms with E-state index in [-0.39, 0.29) is 11.8 Å². The van der Waals surface area contributed by atoms with Gasteiger partial charge < -0.3 is 15.0 Å². The third-order valence-corrected chi connectivity index (χ3v) is 4.74. The predicted octanol–water partition coefficient (Wildman–Crippen LogP) is 2.29. The topological polar surface area (TPSA) is 88.6 Å². The molecular formula is C21H23N3O4. The molecule has 1 aliphatic heterocycles. The average Bonchev–Trinajstić information content (AvgIpc) is 2.72. The highest BCUT2D eigenvalue weighted by Gasteiger charge is 2.24. The Morgan fingerprint density at radius 3 is 2.50 bits per heavy atom. The van der Waals surface area contributed by atoms with Crippen LogP contribution in [0.3, 0.4) is 0 Å². The Labute approximate surface area is 163 Å². The summed E-state index contributed by atoms with van der Waals surface area (Å²) in [6, 6.07) is 10.0. The van der Waals surface area contributed by atoms with Gasteiger partial charge in [0.1, 0.15) is 5.75 Å². The molecule has 0 aliphatic carbocycles. The molecule has 2 heterocycles. The molecule has 1 aromatic carbocycles. The van der Waals surface area contributed by atoms with E-state index in [0.717, 1.165) is 12.8 Å². The summed E-state index contributed by atoms with van der Waals surface area (Å²) in [6.07, 6.45) is 4.84. The molecule has 0 radical (unpaired) electrons. The number of amides is 2. The largest absolute Gasteiger partial charge is 0.427 e. The van der Waals surface area contributed by atoms with Gasteiger partial charge >= 0.3 is 5.97 Å². The van der Waals surface area contributed by atoms with E-state index in [4.69, 9.17) is 4.74 Å². The van der Waals surface area contributed by atoms with Gasteiger partial charge in [0, 0.05) is 50.1 Å². The van der Waals surface area contributed by atoms with Crippen LogP contribution in [0.1, 0.15) is 40.5 Å². The second-order valence-corrected chi connectivity index (χ2v) is 6.80. The van der Waals surface area contributed by atoms with Gasteiger partial charge in [-0.2, -0.15) is 0 Å². The number of likely N-dealkylation sites (tertiary alicyclic amines) is 1. The van der Waals surface area contributed by atoms with Crippen LogP contribution in [-0.4, -0.2) is 47.3 Å². The molecule has 0 bridgehead atoms. The Bertz CT molecular complexity index is 846. The number of esters is 1. The SMILES string of the molecule is CC(=O)Oc1cccc(C(=O)N2CCC(CNC(=O)c3ccncc3)CC2)c1. The van der Waals surface area contributed by atoms with Crippen LogP contribution in [0, 0.1) is 5.92 Å². The highest BCUT2D eigenvalue weighted by atomic mass is 16.5. The zero-order valence-electron chi connectivity index (χ0n) is 15.8. The minimum atomic E-state index is -0.417. The van der Waals surface area contributed by atoms with E-state index in [0.29, 0.717) is 42.4 Å². The maximum absolute atomic E-state index is 12.7. The monoisotopic (exact) mass is 381 g/mol. The molecule has 0 spiro atoms. The van der Waals surface area contributed by atoms with Crippen LogP contribution in [-0.2, 0) is 4.79 Å².